The van der Waals surface area contributed by atoms with E-state index in [2.05, 4.69) is 20.9 Å². The predicted molar refractivity (Wildman–Crippen MR) is 71.0 cm³/mol. The van der Waals surface area contributed by atoms with Crippen molar-refractivity contribution < 1.29 is 14.3 Å². The van der Waals surface area contributed by atoms with E-state index < -0.39 is 0 Å². The summed E-state index contributed by atoms with van der Waals surface area (Å²) in [6, 6.07) is 1.94. The highest BCUT2D eigenvalue weighted by molar-refractivity contribution is 9.10. The SMILES string of the molecule is CCc1c(CN=C=O)cc(Br)c2c1OCCCO2. The first kappa shape index (κ1) is 13.1. The van der Waals surface area contributed by atoms with Crippen LogP contribution in [0.3, 0.4) is 0 Å². The molecule has 0 N–H and O–H groups in total. The van der Waals surface area contributed by atoms with E-state index >= 15 is 0 Å². The lowest BCUT2D eigenvalue weighted by molar-refractivity contribution is 0.295. The number of benzene rings is 1. The maximum Gasteiger partial charge on any atom is 0.235 e. The van der Waals surface area contributed by atoms with E-state index in [4.69, 9.17) is 9.47 Å². The fraction of sp³-hybridized carbons (Fsp3) is 0.462. The number of halogens is 1. The van der Waals surface area contributed by atoms with E-state index in [9.17, 15) is 4.79 Å². The van der Waals surface area contributed by atoms with Crippen LogP contribution in [0.4, 0.5) is 0 Å². The van der Waals surface area contributed by atoms with Crippen LogP contribution in [-0.4, -0.2) is 19.3 Å². The molecular formula is C13H14BrNO3. The molecule has 0 amide bonds. The van der Waals surface area contributed by atoms with E-state index in [-0.39, 0.29) is 0 Å². The molecule has 0 saturated carbocycles. The predicted octanol–water partition coefficient (Wildman–Crippen LogP) is 3.01. The number of carbonyl (C=O) groups excluding carboxylic acids is 1. The Labute approximate surface area is 114 Å². The van der Waals surface area contributed by atoms with Crippen molar-refractivity contribution in [3.8, 4) is 11.5 Å². The Kier molecular flexibility index (Phi) is 4.39. The molecule has 0 bridgehead atoms. The minimum Gasteiger partial charge on any atom is -0.489 e. The fourth-order valence-corrected chi connectivity index (χ4v) is 2.61. The van der Waals surface area contributed by atoms with E-state index in [1.54, 1.807) is 6.08 Å². The van der Waals surface area contributed by atoms with Gasteiger partial charge in [-0.15, -0.1) is 0 Å². The number of hydrogen-bond acceptors (Lipinski definition) is 4. The van der Waals surface area contributed by atoms with Gasteiger partial charge in [0.2, 0.25) is 6.08 Å². The zero-order valence-electron chi connectivity index (χ0n) is 10.2. The fourth-order valence-electron chi connectivity index (χ4n) is 2.04. The third-order valence-electron chi connectivity index (χ3n) is 2.83. The molecule has 1 aromatic carbocycles. The number of hydrogen-bond donors (Lipinski definition) is 0. The number of ether oxygens (including phenoxy) is 2. The summed E-state index contributed by atoms with van der Waals surface area (Å²) in [7, 11) is 0. The molecule has 4 nitrogen and oxygen atoms in total. The Morgan fingerprint density at radius 3 is 2.78 bits per heavy atom. The molecule has 0 spiro atoms. The Bertz CT molecular complexity index is 495. The van der Waals surface area contributed by atoms with Gasteiger partial charge in [-0.2, -0.15) is 0 Å². The topological polar surface area (TPSA) is 47.9 Å². The third kappa shape index (κ3) is 2.57. The molecular weight excluding hydrogens is 298 g/mol. The van der Waals surface area contributed by atoms with Gasteiger partial charge >= 0.3 is 0 Å². The molecule has 2 rings (SSSR count). The minimum atomic E-state index is 0.321. The maximum atomic E-state index is 10.2. The van der Waals surface area contributed by atoms with Gasteiger partial charge in [0.1, 0.15) is 0 Å². The maximum absolute atomic E-state index is 10.2. The number of aliphatic imine (C=N–C) groups is 1. The van der Waals surface area contributed by atoms with E-state index in [1.165, 1.54) is 0 Å². The van der Waals surface area contributed by atoms with Gasteiger partial charge in [-0.3, -0.25) is 0 Å². The van der Waals surface area contributed by atoms with E-state index in [1.807, 2.05) is 13.0 Å². The van der Waals surface area contributed by atoms with Crippen LogP contribution in [0.2, 0.25) is 0 Å². The van der Waals surface area contributed by atoms with Crippen molar-refractivity contribution in [2.75, 3.05) is 13.2 Å². The van der Waals surface area contributed by atoms with Crippen molar-refractivity contribution in [1.82, 2.24) is 0 Å². The van der Waals surface area contributed by atoms with Crippen molar-refractivity contribution in [3.05, 3.63) is 21.7 Å². The lowest BCUT2D eigenvalue weighted by Crippen LogP contribution is -2.01. The van der Waals surface area contributed by atoms with Crippen molar-refractivity contribution >= 4 is 22.0 Å². The van der Waals surface area contributed by atoms with Crippen molar-refractivity contribution in [3.63, 3.8) is 0 Å². The summed E-state index contributed by atoms with van der Waals surface area (Å²) in [5, 5.41) is 0. The van der Waals surface area contributed by atoms with Gasteiger partial charge in [-0.25, -0.2) is 9.79 Å². The first-order valence-electron chi connectivity index (χ1n) is 5.91. The number of fused-ring (bicyclic) bond motifs is 1. The van der Waals surface area contributed by atoms with Crippen LogP contribution in [0.1, 0.15) is 24.5 Å². The molecule has 1 heterocycles. The third-order valence-corrected chi connectivity index (χ3v) is 3.42. The molecule has 18 heavy (non-hydrogen) atoms. The van der Waals surface area contributed by atoms with Crippen molar-refractivity contribution in [2.24, 2.45) is 4.99 Å². The average Bonchev–Trinajstić information content (AvgIpc) is 2.62. The molecule has 0 aliphatic carbocycles. The molecule has 0 radical (unpaired) electrons. The molecule has 1 aliphatic heterocycles. The van der Waals surface area contributed by atoms with Crippen LogP contribution in [0.25, 0.3) is 0 Å². The van der Waals surface area contributed by atoms with Crippen LogP contribution < -0.4 is 9.47 Å². The minimum absolute atomic E-state index is 0.321. The summed E-state index contributed by atoms with van der Waals surface area (Å²) in [6.07, 6.45) is 3.24. The van der Waals surface area contributed by atoms with Gasteiger partial charge in [0.05, 0.1) is 24.2 Å². The average molecular weight is 312 g/mol. The molecule has 0 aromatic heterocycles. The summed E-state index contributed by atoms with van der Waals surface area (Å²) in [4.78, 5) is 13.9. The summed E-state index contributed by atoms with van der Waals surface area (Å²) in [5.74, 6) is 1.53. The highest BCUT2D eigenvalue weighted by Crippen LogP contribution is 2.42. The summed E-state index contributed by atoms with van der Waals surface area (Å²) in [5.41, 5.74) is 2.02. The quantitative estimate of drug-likeness (QED) is 0.637. The number of rotatable bonds is 3. The molecule has 0 unspecified atom stereocenters. The van der Waals surface area contributed by atoms with E-state index in [0.717, 1.165) is 39.9 Å². The zero-order valence-corrected chi connectivity index (χ0v) is 11.7. The van der Waals surface area contributed by atoms with Gasteiger partial charge in [-0.05, 0) is 34.0 Å². The normalized spacial score (nSPS) is 13.7. The molecule has 1 aromatic rings. The van der Waals surface area contributed by atoms with Crippen LogP contribution in [-0.2, 0) is 17.8 Å². The lowest BCUT2D eigenvalue weighted by atomic mass is 10.0. The molecule has 0 fully saturated rings. The molecule has 96 valence electrons. The monoisotopic (exact) mass is 311 g/mol. The highest BCUT2D eigenvalue weighted by Gasteiger charge is 2.20. The number of nitrogens with zero attached hydrogens (tertiary/aromatic N) is 1. The second-order valence-corrected chi connectivity index (χ2v) is 4.82. The smallest absolute Gasteiger partial charge is 0.235 e. The van der Waals surface area contributed by atoms with Crippen molar-refractivity contribution in [2.45, 2.75) is 26.3 Å². The van der Waals surface area contributed by atoms with Gasteiger partial charge in [0.25, 0.3) is 0 Å². The molecule has 0 atom stereocenters. The summed E-state index contributed by atoms with van der Waals surface area (Å²) in [6.45, 7) is 3.67. The summed E-state index contributed by atoms with van der Waals surface area (Å²) < 4.78 is 12.3. The molecule has 1 aliphatic rings. The molecule has 0 saturated heterocycles. The first-order valence-corrected chi connectivity index (χ1v) is 6.70. The first-order chi connectivity index (χ1) is 8.77. The van der Waals surface area contributed by atoms with Crippen LogP contribution >= 0.6 is 15.9 Å². The van der Waals surface area contributed by atoms with Crippen molar-refractivity contribution in [1.29, 1.82) is 0 Å². The standard InChI is InChI=1S/C13H14BrNO3/c1-2-10-9(7-15-8-16)6-11(14)13-12(10)17-4-3-5-18-13/h6H,2-5,7H2,1H3. The van der Waals surface area contributed by atoms with Crippen LogP contribution in [0.5, 0.6) is 11.5 Å². The van der Waals surface area contributed by atoms with Gasteiger partial charge < -0.3 is 9.47 Å². The lowest BCUT2D eigenvalue weighted by Gasteiger charge is -2.16. The van der Waals surface area contributed by atoms with Crippen LogP contribution in [0, 0.1) is 0 Å². The highest BCUT2D eigenvalue weighted by atomic mass is 79.9. The zero-order chi connectivity index (χ0) is 13.0. The largest absolute Gasteiger partial charge is 0.489 e. The molecule has 5 heteroatoms. The van der Waals surface area contributed by atoms with Gasteiger partial charge in [-0.1, -0.05) is 6.92 Å². The van der Waals surface area contributed by atoms with Gasteiger partial charge in [0, 0.05) is 12.0 Å². The second kappa shape index (κ2) is 6.03. The Hall–Kier alpha value is -1.32. The Balaban J connectivity index is 2.53. The Morgan fingerprint density at radius 1 is 1.39 bits per heavy atom. The van der Waals surface area contributed by atoms with Crippen LogP contribution in [0.15, 0.2) is 15.5 Å². The van der Waals surface area contributed by atoms with Gasteiger partial charge in [0.15, 0.2) is 11.5 Å². The Morgan fingerprint density at radius 2 is 2.11 bits per heavy atom. The summed E-state index contributed by atoms with van der Waals surface area (Å²) >= 11 is 3.48. The number of isocyanates is 1. The van der Waals surface area contributed by atoms with E-state index in [0.29, 0.717) is 19.8 Å². The second-order valence-electron chi connectivity index (χ2n) is 3.97.